The summed E-state index contributed by atoms with van der Waals surface area (Å²) in [6, 6.07) is 4.96. The fourth-order valence-electron chi connectivity index (χ4n) is 10.8. The van der Waals surface area contributed by atoms with Crippen LogP contribution in [0.4, 0.5) is 0 Å². The molecule has 11 atom stereocenters. The number of aliphatic hydroxyl groups is 1. The quantitative estimate of drug-likeness (QED) is 0.262. The van der Waals surface area contributed by atoms with Gasteiger partial charge in [-0.3, -0.25) is 4.79 Å². The molecule has 1 aromatic rings. The summed E-state index contributed by atoms with van der Waals surface area (Å²) in [6.07, 6.45) is 16.3. The molecule has 0 bridgehead atoms. The van der Waals surface area contributed by atoms with Gasteiger partial charge in [0.25, 0.3) is 0 Å². The Labute approximate surface area is 271 Å². The summed E-state index contributed by atoms with van der Waals surface area (Å²) in [5, 5.41) is 19.9. The standard InChI is InChI=1S/C27H42O3.C13H16O2/c1-16-7-12-27(29-15-16)17(2)24-23(30-27)14-22-20-6-5-18-13-19(28)8-10-25(18,3)21(20)9-11-26(22,24)4;1-9(2)4-5-12-8-11(10(3)14)6-7-13(12)15/h9,16-20,22-24,28H,5-8,10-15H2,1-4H3;4,6-8,15H,5H2,1-3H3. The lowest BCUT2D eigenvalue weighted by molar-refractivity contribution is -0.272. The zero-order chi connectivity index (χ0) is 32.3. The molecule has 5 nitrogen and oxygen atoms in total. The molecule has 4 aliphatic carbocycles. The summed E-state index contributed by atoms with van der Waals surface area (Å²) < 4.78 is 13.3. The Balaban J connectivity index is 0.000000202. The third-order valence-electron chi connectivity index (χ3n) is 13.5. The van der Waals surface area contributed by atoms with Gasteiger partial charge in [0.1, 0.15) is 5.75 Å². The molecule has 2 aliphatic heterocycles. The van der Waals surface area contributed by atoms with E-state index in [9.17, 15) is 15.0 Å². The van der Waals surface area contributed by atoms with Gasteiger partial charge in [0.05, 0.1) is 18.8 Å². The largest absolute Gasteiger partial charge is 0.508 e. The number of ether oxygens (including phenoxy) is 2. The number of carbonyl (C=O) groups is 1. The molecule has 6 aliphatic rings. The lowest BCUT2D eigenvalue weighted by Gasteiger charge is -2.57. The molecular weight excluding hydrogens is 560 g/mol. The van der Waals surface area contributed by atoms with E-state index in [4.69, 9.17) is 9.47 Å². The lowest BCUT2D eigenvalue weighted by atomic mass is 9.48. The number of ketones is 1. The van der Waals surface area contributed by atoms with Crippen LogP contribution < -0.4 is 0 Å². The van der Waals surface area contributed by atoms with Gasteiger partial charge in [0, 0.05) is 17.9 Å². The third kappa shape index (κ3) is 5.78. The van der Waals surface area contributed by atoms with Gasteiger partial charge in [-0.05, 0) is 143 Å². The first-order chi connectivity index (χ1) is 21.3. The van der Waals surface area contributed by atoms with Gasteiger partial charge in [-0.15, -0.1) is 0 Å². The van der Waals surface area contributed by atoms with Gasteiger partial charge in [-0.25, -0.2) is 0 Å². The van der Waals surface area contributed by atoms with E-state index in [1.54, 1.807) is 23.8 Å². The van der Waals surface area contributed by atoms with Crippen LogP contribution in [0.1, 0.15) is 122 Å². The molecule has 3 saturated carbocycles. The minimum absolute atomic E-state index is 0.0217. The number of phenols is 1. The predicted molar refractivity (Wildman–Crippen MR) is 179 cm³/mol. The molecule has 5 fully saturated rings. The van der Waals surface area contributed by atoms with E-state index in [0.29, 0.717) is 52.6 Å². The highest BCUT2D eigenvalue weighted by molar-refractivity contribution is 5.94. The van der Waals surface area contributed by atoms with Crippen LogP contribution in [0.25, 0.3) is 0 Å². The summed E-state index contributed by atoms with van der Waals surface area (Å²) in [5.41, 5.74) is 5.10. The maximum absolute atomic E-state index is 11.1. The fraction of sp³-hybridized carbons (Fsp3) is 0.725. The highest BCUT2D eigenvalue weighted by Crippen LogP contribution is 2.69. The minimum atomic E-state index is -0.303. The van der Waals surface area contributed by atoms with Gasteiger partial charge in [-0.1, -0.05) is 51.0 Å². The zero-order valence-corrected chi connectivity index (χ0v) is 28.9. The van der Waals surface area contributed by atoms with Crippen molar-refractivity contribution in [2.24, 2.45) is 46.3 Å². The second-order valence-electron chi connectivity index (χ2n) is 16.6. The SMILES string of the molecule is CC(=O)c1ccc(O)c(CC=C(C)C)c1.CC1CCC2(OC1)OC1CC3C4CCC5CC(O)CCC5(C)C4=CCC3(C)C1C2C. The van der Waals surface area contributed by atoms with Gasteiger partial charge in [-0.2, -0.15) is 0 Å². The minimum Gasteiger partial charge on any atom is -0.508 e. The smallest absolute Gasteiger partial charge is 0.171 e. The number of Topliss-reactive ketones (excluding diaryl/α,β-unsaturated/α-hetero) is 1. The molecule has 1 aromatic carbocycles. The monoisotopic (exact) mass is 618 g/mol. The van der Waals surface area contributed by atoms with Crippen LogP contribution in [0.15, 0.2) is 41.5 Å². The molecule has 0 aromatic heterocycles. The van der Waals surface area contributed by atoms with E-state index in [1.165, 1.54) is 51.0 Å². The van der Waals surface area contributed by atoms with Crippen molar-refractivity contribution in [3.05, 3.63) is 52.6 Å². The second-order valence-corrected chi connectivity index (χ2v) is 16.6. The Hall–Kier alpha value is -1.95. The van der Waals surface area contributed by atoms with Crippen LogP contribution in [-0.4, -0.2) is 40.6 Å². The second kappa shape index (κ2) is 12.3. The van der Waals surface area contributed by atoms with Gasteiger partial charge >= 0.3 is 0 Å². The third-order valence-corrected chi connectivity index (χ3v) is 13.5. The van der Waals surface area contributed by atoms with Crippen LogP contribution >= 0.6 is 0 Å². The van der Waals surface area contributed by atoms with Crippen LogP contribution in [0.5, 0.6) is 5.75 Å². The Morgan fingerprint density at radius 1 is 1.04 bits per heavy atom. The molecule has 7 rings (SSSR count). The van der Waals surface area contributed by atoms with Crippen molar-refractivity contribution in [1.82, 2.24) is 0 Å². The molecule has 45 heavy (non-hydrogen) atoms. The Morgan fingerprint density at radius 2 is 1.82 bits per heavy atom. The Morgan fingerprint density at radius 3 is 2.51 bits per heavy atom. The van der Waals surface area contributed by atoms with Crippen molar-refractivity contribution in [2.75, 3.05) is 6.61 Å². The topological polar surface area (TPSA) is 76.0 Å². The first kappa shape index (κ1) is 33.0. The molecule has 0 radical (unpaired) electrons. The van der Waals surface area contributed by atoms with Gasteiger partial charge < -0.3 is 19.7 Å². The summed E-state index contributed by atoms with van der Waals surface area (Å²) >= 11 is 0. The number of allylic oxidation sites excluding steroid dienone is 4. The number of aliphatic hydroxyl groups excluding tert-OH is 1. The van der Waals surface area contributed by atoms with Crippen LogP contribution in [0.3, 0.4) is 0 Å². The van der Waals surface area contributed by atoms with Crippen molar-refractivity contribution in [2.45, 2.75) is 131 Å². The van der Waals surface area contributed by atoms with Crippen LogP contribution in [0, 0.1) is 46.3 Å². The van der Waals surface area contributed by atoms with E-state index in [0.717, 1.165) is 43.3 Å². The summed E-state index contributed by atoms with van der Waals surface area (Å²) in [4.78, 5) is 11.1. The maximum atomic E-state index is 11.1. The summed E-state index contributed by atoms with van der Waals surface area (Å²) in [5.74, 6) is 3.95. The first-order valence-corrected chi connectivity index (χ1v) is 17.9. The summed E-state index contributed by atoms with van der Waals surface area (Å²) in [7, 11) is 0. The number of hydrogen-bond acceptors (Lipinski definition) is 5. The Bertz CT molecular complexity index is 1330. The number of benzene rings is 1. The molecule has 0 amide bonds. The molecule has 1 spiro atoms. The van der Waals surface area contributed by atoms with Gasteiger partial charge in [0.2, 0.25) is 0 Å². The van der Waals surface area contributed by atoms with E-state index in [1.807, 2.05) is 19.9 Å². The molecule has 11 unspecified atom stereocenters. The van der Waals surface area contributed by atoms with Crippen molar-refractivity contribution in [1.29, 1.82) is 0 Å². The number of carbonyl (C=O) groups excluding carboxylic acids is 1. The zero-order valence-electron chi connectivity index (χ0n) is 28.9. The number of hydrogen-bond donors (Lipinski definition) is 2. The number of phenolic OH excluding ortho intramolecular Hbond substituents is 1. The molecule has 2 heterocycles. The van der Waals surface area contributed by atoms with E-state index in [2.05, 4.69) is 33.8 Å². The average molecular weight is 619 g/mol. The van der Waals surface area contributed by atoms with Crippen LogP contribution in [-0.2, 0) is 15.9 Å². The average Bonchev–Trinajstić information content (AvgIpc) is 3.44. The summed E-state index contributed by atoms with van der Waals surface area (Å²) in [6.45, 7) is 16.3. The van der Waals surface area contributed by atoms with Gasteiger partial charge in [0.15, 0.2) is 11.6 Å². The molecule has 248 valence electrons. The number of rotatable bonds is 3. The molecule has 2 N–H and O–H groups in total. The Kier molecular flexibility index (Phi) is 8.98. The van der Waals surface area contributed by atoms with Crippen molar-refractivity contribution in [3.8, 4) is 5.75 Å². The van der Waals surface area contributed by atoms with Crippen molar-refractivity contribution in [3.63, 3.8) is 0 Å². The van der Waals surface area contributed by atoms with Crippen molar-refractivity contribution >= 4 is 5.78 Å². The highest BCUT2D eigenvalue weighted by atomic mass is 16.7. The molecule has 2 saturated heterocycles. The van der Waals surface area contributed by atoms with E-state index >= 15 is 0 Å². The first-order valence-electron chi connectivity index (χ1n) is 17.9. The molecule has 5 heteroatoms. The fourth-order valence-corrected chi connectivity index (χ4v) is 10.8. The van der Waals surface area contributed by atoms with E-state index in [-0.39, 0.29) is 23.4 Å². The number of aromatic hydroxyl groups is 1. The van der Waals surface area contributed by atoms with E-state index < -0.39 is 0 Å². The lowest BCUT2D eigenvalue weighted by Crippen LogP contribution is -2.50. The number of fused-ring (bicyclic) bond motifs is 7. The van der Waals surface area contributed by atoms with Crippen LogP contribution in [0.2, 0.25) is 0 Å². The normalized spacial score (nSPS) is 43.2. The predicted octanol–water partition coefficient (Wildman–Crippen LogP) is 8.82. The molecular formula is C40H58O5. The van der Waals surface area contributed by atoms with Crippen molar-refractivity contribution < 1.29 is 24.5 Å². The highest BCUT2D eigenvalue weighted by Gasteiger charge is 2.67. The maximum Gasteiger partial charge on any atom is 0.171 e.